The lowest BCUT2D eigenvalue weighted by Crippen LogP contribution is -2.16. The minimum Gasteiger partial charge on any atom is -0.121 e. The van der Waals surface area contributed by atoms with E-state index in [0.29, 0.717) is 30.5 Å². The lowest BCUT2D eigenvalue weighted by atomic mass is 10.2. The van der Waals surface area contributed by atoms with Crippen molar-refractivity contribution in [3.05, 3.63) is 26.7 Å². The molecule has 0 N–H and O–H groups in total. The van der Waals surface area contributed by atoms with Crippen LogP contribution in [0.25, 0.3) is 0 Å². The molecule has 1 aromatic rings. The van der Waals surface area contributed by atoms with E-state index in [9.17, 15) is 0 Å². The van der Waals surface area contributed by atoms with Gasteiger partial charge in [-0.1, -0.05) is 54.2 Å². The summed E-state index contributed by atoms with van der Waals surface area (Å²) in [5, 5.41) is 2.74. The average molecular weight is 300 g/mol. The second kappa shape index (κ2) is 6.36. The molecule has 0 aliphatic rings. The van der Waals surface area contributed by atoms with Crippen LogP contribution in [-0.2, 0) is 5.88 Å². The van der Waals surface area contributed by atoms with E-state index in [2.05, 4.69) is 6.92 Å². The fraction of sp³-hybridized carbons (Fsp3) is 0.400. The van der Waals surface area contributed by atoms with Crippen LogP contribution in [-0.4, -0.2) is 9.52 Å². The average Bonchev–Trinajstić information content (AvgIpc) is 2.22. The Kier molecular flexibility index (Phi) is 5.79. The molecule has 82 valence electrons. The third-order valence-corrected chi connectivity index (χ3v) is 5.16. The highest BCUT2D eigenvalue weighted by Gasteiger charge is 2.13. The van der Waals surface area contributed by atoms with E-state index in [1.807, 2.05) is 6.07 Å². The van der Waals surface area contributed by atoms with Crippen LogP contribution in [0.5, 0.6) is 0 Å². The summed E-state index contributed by atoms with van der Waals surface area (Å²) < 4.78 is 0. The van der Waals surface area contributed by atoms with Gasteiger partial charge in [0.05, 0.1) is 25.4 Å². The monoisotopic (exact) mass is 298 g/mol. The summed E-state index contributed by atoms with van der Waals surface area (Å²) in [7, 11) is 0.662. The molecule has 0 aliphatic carbocycles. The van der Waals surface area contributed by atoms with Crippen molar-refractivity contribution in [1.29, 1.82) is 0 Å². The van der Waals surface area contributed by atoms with Gasteiger partial charge in [-0.2, -0.15) is 0 Å². The van der Waals surface area contributed by atoms with E-state index in [-0.39, 0.29) is 0 Å². The molecule has 5 heteroatoms. The normalized spacial score (nSPS) is 10.7. The molecule has 0 amide bonds. The number of rotatable bonds is 4. The Hall–Kier alpha value is 0.597. The van der Waals surface area contributed by atoms with Crippen molar-refractivity contribution in [3.8, 4) is 0 Å². The Morgan fingerprint density at radius 1 is 1.20 bits per heavy atom. The first-order valence-corrected chi connectivity index (χ1v) is 7.45. The molecule has 0 heterocycles. The first-order valence-electron chi connectivity index (χ1n) is 4.58. The van der Waals surface area contributed by atoms with Crippen molar-refractivity contribution >= 4 is 61.1 Å². The Morgan fingerprint density at radius 2 is 1.87 bits per heavy atom. The van der Waals surface area contributed by atoms with Gasteiger partial charge in [-0.15, -0.1) is 11.6 Å². The summed E-state index contributed by atoms with van der Waals surface area (Å²) in [6.07, 6.45) is 1.13. The third kappa shape index (κ3) is 3.27. The highest BCUT2D eigenvalue weighted by molar-refractivity contribution is 6.60. The van der Waals surface area contributed by atoms with Gasteiger partial charge in [0.15, 0.2) is 0 Å². The number of alkyl halides is 1. The highest BCUT2D eigenvalue weighted by Crippen LogP contribution is 2.31. The standard InChI is InChI=1S/C10H10Cl4Si/c1-2-3-15-8-4-7(12)9(13)6(5-11)10(8)14/h4H,2-3,5H2,1H3. The molecule has 0 aliphatic heterocycles. The third-order valence-electron chi connectivity index (χ3n) is 1.95. The molecule has 2 radical (unpaired) electrons. The summed E-state index contributed by atoms with van der Waals surface area (Å²) in [4.78, 5) is 0. The van der Waals surface area contributed by atoms with E-state index in [0.717, 1.165) is 23.2 Å². The van der Waals surface area contributed by atoms with Crippen LogP contribution < -0.4 is 5.19 Å². The van der Waals surface area contributed by atoms with Gasteiger partial charge in [0.25, 0.3) is 0 Å². The van der Waals surface area contributed by atoms with Gasteiger partial charge in [0.2, 0.25) is 0 Å². The molecule has 0 aromatic heterocycles. The Labute approximate surface area is 113 Å². The van der Waals surface area contributed by atoms with Crippen LogP contribution in [0.4, 0.5) is 0 Å². The van der Waals surface area contributed by atoms with Gasteiger partial charge < -0.3 is 0 Å². The topological polar surface area (TPSA) is 0 Å². The van der Waals surface area contributed by atoms with Gasteiger partial charge in [-0.25, -0.2) is 0 Å². The maximum Gasteiger partial charge on any atom is 0.0829 e. The molecule has 0 fully saturated rings. The SMILES string of the molecule is CCC[Si]c1cc(Cl)c(Cl)c(CCl)c1Cl. The maximum atomic E-state index is 6.20. The van der Waals surface area contributed by atoms with Gasteiger partial charge >= 0.3 is 0 Å². The van der Waals surface area contributed by atoms with Crippen LogP contribution in [0.2, 0.25) is 21.1 Å². The Bertz CT molecular complexity index is 352. The molecule has 0 nitrogen and oxygen atoms in total. The minimum atomic E-state index is 0.293. The van der Waals surface area contributed by atoms with E-state index in [4.69, 9.17) is 46.4 Å². The Morgan fingerprint density at radius 3 is 2.40 bits per heavy atom. The van der Waals surface area contributed by atoms with Crippen molar-refractivity contribution in [1.82, 2.24) is 0 Å². The summed E-state index contributed by atoms with van der Waals surface area (Å²) in [6, 6.07) is 2.95. The zero-order valence-electron chi connectivity index (χ0n) is 8.21. The van der Waals surface area contributed by atoms with Crippen LogP contribution in [0.3, 0.4) is 0 Å². The first-order chi connectivity index (χ1) is 7.11. The summed E-state index contributed by atoms with van der Waals surface area (Å²) in [5.41, 5.74) is 0.742. The van der Waals surface area contributed by atoms with E-state index < -0.39 is 0 Å². The molecule has 0 bridgehead atoms. The summed E-state index contributed by atoms with van der Waals surface area (Å²) in [6.45, 7) is 2.14. The number of hydrogen-bond acceptors (Lipinski definition) is 0. The fourth-order valence-electron chi connectivity index (χ4n) is 1.16. The van der Waals surface area contributed by atoms with Crippen molar-refractivity contribution in [2.45, 2.75) is 25.3 Å². The van der Waals surface area contributed by atoms with Crippen molar-refractivity contribution in [2.75, 3.05) is 0 Å². The van der Waals surface area contributed by atoms with Gasteiger partial charge in [-0.3, -0.25) is 0 Å². The lowest BCUT2D eigenvalue weighted by molar-refractivity contribution is 1.08. The molecular weight excluding hydrogens is 290 g/mol. The largest absolute Gasteiger partial charge is 0.121 e. The quantitative estimate of drug-likeness (QED) is 0.435. The molecule has 1 aromatic carbocycles. The van der Waals surface area contributed by atoms with Gasteiger partial charge in [0, 0.05) is 10.6 Å². The molecule has 15 heavy (non-hydrogen) atoms. The molecule has 1 rings (SSSR count). The smallest absolute Gasteiger partial charge is 0.0829 e. The zero-order chi connectivity index (χ0) is 11.4. The van der Waals surface area contributed by atoms with Crippen LogP contribution >= 0.6 is 46.4 Å². The van der Waals surface area contributed by atoms with Crippen LogP contribution in [0.1, 0.15) is 18.9 Å². The van der Waals surface area contributed by atoms with Crippen LogP contribution in [0, 0.1) is 0 Å². The van der Waals surface area contributed by atoms with E-state index in [1.54, 1.807) is 0 Å². The molecule has 0 saturated heterocycles. The first kappa shape index (κ1) is 13.7. The number of benzene rings is 1. The minimum absolute atomic E-state index is 0.293. The van der Waals surface area contributed by atoms with E-state index >= 15 is 0 Å². The molecular formula is C10H10Cl4Si. The van der Waals surface area contributed by atoms with Gasteiger partial charge in [-0.05, 0) is 11.3 Å². The van der Waals surface area contributed by atoms with Crippen LogP contribution in [0.15, 0.2) is 6.07 Å². The molecule has 0 unspecified atom stereocenters. The molecule has 0 atom stereocenters. The zero-order valence-corrected chi connectivity index (χ0v) is 12.2. The van der Waals surface area contributed by atoms with Gasteiger partial charge in [0.1, 0.15) is 0 Å². The highest BCUT2D eigenvalue weighted by atomic mass is 35.5. The number of halogens is 4. The van der Waals surface area contributed by atoms with Crippen molar-refractivity contribution in [2.24, 2.45) is 0 Å². The van der Waals surface area contributed by atoms with E-state index in [1.165, 1.54) is 0 Å². The maximum absolute atomic E-state index is 6.20. The predicted octanol–water partition coefficient (Wildman–Crippen LogP) is 4.54. The fourth-order valence-corrected chi connectivity index (χ4v) is 3.63. The second-order valence-corrected chi connectivity index (χ2v) is 5.90. The predicted molar refractivity (Wildman–Crippen MR) is 71.5 cm³/mol. The summed E-state index contributed by atoms with van der Waals surface area (Å²) >= 11 is 24.0. The molecule has 0 spiro atoms. The lowest BCUT2D eigenvalue weighted by Gasteiger charge is -2.10. The summed E-state index contributed by atoms with van der Waals surface area (Å²) in [5.74, 6) is 0.293. The molecule has 0 saturated carbocycles. The van der Waals surface area contributed by atoms with Crippen molar-refractivity contribution < 1.29 is 0 Å². The number of hydrogen-bond donors (Lipinski definition) is 0. The Balaban J connectivity index is 3.12. The van der Waals surface area contributed by atoms with Crippen molar-refractivity contribution in [3.63, 3.8) is 0 Å². The second-order valence-electron chi connectivity index (χ2n) is 3.07.